The van der Waals surface area contributed by atoms with E-state index in [0.717, 1.165) is 0 Å². The lowest BCUT2D eigenvalue weighted by atomic mass is 10.3. The zero-order chi connectivity index (χ0) is 9.84. The molecule has 0 unspecified atom stereocenters. The second-order valence-electron chi connectivity index (χ2n) is 2.57. The molecule has 0 aliphatic carbocycles. The summed E-state index contributed by atoms with van der Waals surface area (Å²) in [5.41, 5.74) is 6.10. The van der Waals surface area contributed by atoms with E-state index in [9.17, 15) is 4.79 Å². The minimum atomic E-state index is -0.120. The molecule has 0 aliphatic rings. The second kappa shape index (κ2) is 3.97. The van der Waals surface area contributed by atoms with Gasteiger partial charge in [-0.3, -0.25) is 4.79 Å². The van der Waals surface area contributed by atoms with E-state index in [2.05, 4.69) is 5.92 Å². The van der Waals surface area contributed by atoms with Crippen molar-refractivity contribution in [1.82, 2.24) is 4.90 Å². The first-order valence-electron chi connectivity index (χ1n) is 3.68. The summed E-state index contributed by atoms with van der Waals surface area (Å²) in [6, 6.07) is 1.71. The molecule has 1 aromatic rings. The molecule has 1 heterocycles. The summed E-state index contributed by atoms with van der Waals surface area (Å²) in [5, 5.41) is 1.78. The average Bonchev–Trinajstić information content (AvgIpc) is 2.50. The SMILES string of the molecule is C#CCN(C)C(=O)c1sccc1N. The predicted molar refractivity (Wildman–Crippen MR) is 54.5 cm³/mol. The quantitative estimate of drug-likeness (QED) is 0.715. The first kappa shape index (κ1) is 9.62. The van der Waals surface area contributed by atoms with Crippen LogP contribution in [0.3, 0.4) is 0 Å². The van der Waals surface area contributed by atoms with Gasteiger partial charge in [0.05, 0.1) is 12.2 Å². The van der Waals surface area contributed by atoms with Crippen LogP contribution in [0.25, 0.3) is 0 Å². The van der Waals surface area contributed by atoms with Crippen LogP contribution >= 0.6 is 11.3 Å². The van der Waals surface area contributed by atoms with Gasteiger partial charge in [-0.1, -0.05) is 5.92 Å². The third kappa shape index (κ3) is 2.01. The maximum atomic E-state index is 11.6. The fourth-order valence-corrected chi connectivity index (χ4v) is 1.69. The van der Waals surface area contributed by atoms with Crippen LogP contribution in [0, 0.1) is 12.3 Å². The van der Waals surface area contributed by atoms with Crippen molar-refractivity contribution >= 4 is 22.9 Å². The minimum Gasteiger partial charge on any atom is -0.397 e. The van der Waals surface area contributed by atoms with Crippen molar-refractivity contribution in [3.05, 3.63) is 16.3 Å². The van der Waals surface area contributed by atoms with Crippen molar-refractivity contribution in [2.24, 2.45) is 0 Å². The molecule has 1 amide bonds. The van der Waals surface area contributed by atoms with Crippen LogP contribution in [0.5, 0.6) is 0 Å². The van der Waals surface area contributed by atoms with Gasteiger partial charge in [-0.2, -0.15) is 0 Å². The lowest BCUT2D eigenvalue weighted by Crippen LogP contribution is -2.26. The number of terminal acetylenes is 1. The smallest absolute Gasteiger partial charge is 0.266 e. The number of amides is 1. The van der Waals surface area contributed by atoms with Crippen LogP contribution in [-0.2, 0) is 0 Å². The Labute approximate surface area is 81.2 Å². The number of hydrogen-bond donors (Lipinski definition) is 1. The number of carbonyl (C=O) groups is 1. The van der Waals surface area contributed by atoms with Gasteiger partial charge in [0.25, 0.3) is 5.91 Å². The molecule has 13 heavy (non-hydrogen) atoms. The number of nitrogens with two attached hydrogens (primary N) is 1. The first-order valence-corrected chi connectivity index (χ1v) is 4.56. The Bertz CT molecular complexity index is 351. The Balaban J connectivity index is 2.81. The van der Waals surface area contributed by atoms with E-state index in [0.29, 0.717) is 17.1 Å². The molecule has 68 valence electrons. The lowest BCUT2D eigenvalue weighted by molar-refractivity contribution is 0.0818. The summed E-state index contributed by atoms with van der Waals surface area (Å²) in [6.45, 7) is 0.302. The number of nitrogen functional groups attached to an aromatic ring is 1. The number of rotatable bonds is 2. The van der Waals surface area contributed by atoms with Crippen LogP contribution in [-0.4, -0.2) is 24.4 Å². The van der Waals surface area contributed by atoms with Crippen molar-refractivity contribution < 1.29 is 4.79 Å². The summed E-state index contributed by atoms with van der Waals surface area (Å²) in [5.74, 6) is 2.28. The molecule has 2 N–H and O–H groups in total. The lowest BCUT2D eigenvalue weighted by Gasteiger charge is -2.12. The van der Waals surface area contributed by atoms with E-state index in [1.807, 2.05) is 0 Å². The normalized spacial score (nSPS) is 9.23. The van der Waals surface area contributed by atoms with Gasteiger partial charge in [0.1, 0.15) is 4.88 Å². The van der Waals surface area contributed by atoms with Gasteiger partial charge in [-0.15, -0.1) is 17.8 Å². The van der Waals surface area contributed by atoms with E-state index >= 15 is 0 Å². The second-order valence-corrected chi connectivity index (χ2v) is 3.49. The molecule has 0 saturated carbocycles. The number of nitrogens with zero attached hydrogens (tertiary/aromatic N) is 1. The molecule has 1 rings (SSSR count). The molecule has 3 nitrogen and oxygen atoms in total. The summed E-state index contributed by atoms with van der Waals surface area (Å²) in [6.07, 6.45) is 5.09. The van der Waals surface area contributed by atoms with Crippen molar-refractivity contribution in [2.75, 3.05) is 19.3 Å². The topological polar surface area (TPSA) is 46.3 Å². The summed E-state index contributed by atoms with van der Waals surface area (Å²) in [4.78, 5) is 13.6. The first-order chi connectivity index (χ1) is 6.16. The molecule has 4 heteroatoms. The fourth-order valence-electron chi connectivity index (χ4n) is 0.875. The van der Waals surface area contributed by atoms with Gasteiger partial charge in [-0.25, -0.2) is 0 Å². The Morgan fingerprint density at radius 1 is 1.85 bits per heavy atom. The van der Waals surface area contributed by atoms with Crippen molar-refractivity contribution in [3.63, 3.8) is 0 Å². The molecule has 0 spiro atoms. The average molecular weight is 194 g/mol. The Kier molecular flexibility index (Phi) is 2.93. The number of anilines is 1. The summed E-state index contributed by atoms with van der Waals surface area (Å²) in [7, 11) is 1.65. The van der Waals surface area contributed by atoms with Crippen LogP contribution in [0.4, 0.5) is 5.69 Å². The van der Waals surface area contributed by atoms with Gasteiger partial charge >= 0.3 is 0 Å². The number of carbonyl (C=O) groups excluding carboxylic acids is 1. The van der Waals surface area contributed by atoms with Gasteiger partial charge in [-0.05, 0) is 11.4 Å². The highest BCUT2D eigenvalue weighted by Gasteiger charge is 2.14. The molecule has 0 bridgehead atoms. The van der Waals surface area contributed by atoms with Gasteiger partial charge < -0.3 is 10.6 Å². The molecule has 0 saturated heterocycles. The van der Waals surface area contributed by atoms with Crippen LogP contribution in [0.1, 0.15) is 9.67 Å². The van der Waals surface area contributed by atoms with Gasteiger partial charge in [0.2, 0.25) is 0 Å². The van der Waals surface area contributed by atoms with Gasteiger partial charge in [0, 0.05) is 7.05 Å². The van der Waals surface area contributed by atoms with Gasteiger partial charge in [0.15, 0.2) is 0 Å². The third-order valence-corrected chi connectivity index (χ3v) is 2.48. The summed E-state index contributed by atoms with van der Waals surface area (Å²) < 4.78 is 0. The maximum absolute atomic E-state index is 11.6. The van der Waals surface area contributed by atoms with E-state index in [-0.39, 0.29) is 5.91 Å². The maximum Gasteiger partial charge on any atom is 0.266 e. The number of hydrogen-bond acceptors (Lipinski definition) is 3. The van der Waals surface area contributed by atoms with Crippen molar-refractivity contribution in [1.29, 1.82) is 0 Å². The monoisotopic (exact) mass is 194 g/mol. The highest BCUT2D eigenvalue weighted by Crippen LogP contribution is 2.19. The Morgan fingerprint density at radius 3 is 3.00 bits per heavy atom. The van der Waals surface area contributed by atoms with Crippen molar-refractivity contribution in [3.8, 4) is 12.3 Å². The van der Waals surface area contributed by atoms with Crippen LogP contribution in [0.15, 0.2) is 11.4 Å². The highest BCUT2D eigenvalue weighted by molar-refractivity contribution is 7.12. The zero-order valence-electron chi connectivity index (χ0n) is 7.28. The van der Waals surface area contributed by atoms with E-state index in [4.69, 9.17) is 12.2 Å². The molecular formula is C9H10N2OS. The molecule has 1 aromatic heterocycles. The number of thiophene rings is 1. The third-order valence-electron chi connectivity index (χ3n) is 1.57. The Hall–Kier alpha value is -1.47. The molecular weight excluding hydrogens is 184 g/mol. The molecule has 0 radical (unpaired) electrons. The minimum absolute atomic E-state index is 0.120. The van der Waals surface area contributed by atoms with Crippen molar-refractivity contribution in [2.45, 2.75) is 0 Å². The van der Waals surface area contributed by atoms with E-state index in [1.54, 1.807) is 18.5 Å². The van der Waals surface area contributed by atoms with Crippen LogP contribution in [0.2, 0.25) is 0 Å². The van der Waals surface area contributed by atoms with E-state index in [1.165, 1.54) is 16.2 Å². The molecule has 0 fully saturated rings. The molecule has 0 aromatic carbocycles. The zero-order valence-corrected chi connectivity index (χ0v) is 8.10. The summed E-state index contributed by atoms with van der Waals surface area (Å²) >= 11 is 1.33. The highest BCUT2D eigenvalue weighted by atomic mass is 32.1. The standard InChI is InChI=1S/C9H10N2OS/c1-3-5-11(2)9(12)8-7(10)4-6-13-8/h1,4,6H,5,10H2,2H3. The Morgan fingerprint density at radius 2 is 2.54 bits per heavy atom. The fraction of sp³-hybridized carbons (Fsp3) is 0.222. The predicted octanol–water partition coefficient (Wildman–Crippen LogP) is 1.04. The largest absolute Gasteiger partial charge is 0.397 e. The van der Waals surface area contributed by atoms with E-state index < -0.39 is 0 Å². The molecule has 0 aliphatic heterocycles. The van der Waals surface area contributed by atoms with Crippen LogP contribution < -0.4 is 5.73 Å². The molecule has 0 atom stereocenters.